The number of methoxy groups -OCH3 is 1. The molecule has 122 valence electrons. The van der Waals surface area contributed by atoms with Crippen molar-refractivity contribution in [1.29, 1.82) is 0 Å². The quantitative estimate of drug-likeness (QED) is 0.872. The minimum absolute atomic E-state index is 0.00789. The van der Waals surface area contributed by atoms with Crippen LogP contribution < -0.4 is 0 Å². The Bertz CT molecular complexity index is 564. The summed E-state index contributed by atoms with van der Waals surface area (Å²) in [5.41, 5.74) is -0.00789. The number of amides is 1. The minimum Gasteiger partial charge on any atom is -0.477 e. The first kappa shape index (κ1) is 17.0. The highest BCUT2D eigenvalue weighted by molar-refractivity contribution is 7.15. The van der Waals surface area contributed by atoms with Crippen molar-refractivity contribution < 1.29 is 19.4 Å². The zero-order valence-corrected chi connectivity index (χ0v) is 14.3. The van der Waals surface area contributed by atoms with Gasteiger partial charge in [-0.25, -0.2) is 4.79 Å². The number of carbonyl (C=O) groups excluding carboxylic acids is 1. The van der Waals surface area contributed by atoms with Crippen LogP contribution in [0.15, 0.2) is 12.1 Å². The Hall–Kier alpha value is -1.40. The molecule has 1 aromatic heterocycles. The van der Waals surface area contributed by atoms with Gasteiger partial charge in [-0.05, 0) is 31.4 Å². The maximum atomic E-state index is 12.6. The lowest BCUT2D eigenvalue weighted by molar-refractivity contribution is -0.147. The van der Waals surface area contributed by atoms with Gasteiger partial charge in [0.1, 0.15) is 4.88 Å². The molecule has 1 amide bonds. The molecule has 1 saturated carbocycles. The molecule has 5 nitrogen and oxygen atoms in total. The molecular formula is C16H23NO4S. The third-order valence-electron chi connectivity index (χ3n) is 5.16. The molecule has 1 aliphatic carbocycles. The maximum Gasteiger partial charge on any atom is 0.345 e. The minimum atomic E-state index is -0.994. The number of carboxylic acids is 1. The Labute approximate surface area is 134 Å². The van der Waals surface area contributed by atoms with Crippen molar-refractivity contribution in [3.63, 3.8) is 0 Å². The number of carboxylic acid groups (broad SMARTS) is 1. The predicted molar refractivity (Wildman–Crippen MR) is 85.6 cm³/mol. The Morgan fingerprint density at radius 1 is 1.36 bits per heavy atom. The van der Waals surface area contributed by atoms with Crippen LogP contribution in [0, 0.1) is 5.41 Å². The Morgan fingerprint density at radius 2 is 1.95 bits per heavy atom. The summed E-state index contributed by atoms with van der Waals surface area (Å²) in [5.74, 6) is -1.10. The largest absolute Gasteiger partial charge is 0.477 e. The molecule has 2 unspecified atom stereocenters. The molecule has 1 fully saturated rings. The molecule has 0 radical (unpaired) electrons. The molecule has 0 aromatic carbocycles. The fraction of sp³-hybridized carbons (Fsp3) is 0.625. The van der Waals surface area contributed by atoms with Crippen molar-refractivity contribution in [2.45, 2.75) is 45.3 Å². The Balaban J connectivity index is 2.18. The van der Waals surface area contributed by atoms with Crippen LogP contribution in [0.2, 0.25) is 0 Å². The van der Waals surface area contributed by atoms with Gasteiger partial charge in [0.2, 0.25) is 0 Å². The smallest absolute Gasteiger partial charge is 0.345 e. The highest BCUT2D eigenvalue weighted by atomic mass is 32.1. The van der Waals surface area contributed by atoms with E-state index >= 15 is 0 Å². The zero-order chi connectivity index (χ0) is 16.5. The first-order valence-corrected chi connectivity index (χ1v) is 8.36. The van der Waals surface area contributed by atoms with Gasteiger partial charge in [-0.3, -0.25) is 4.79 Å². The lowest BCUT2D eigenvalue weighted by Gasteiger charge is -2.57. The highest BCUT2D eigenvalue weighted by Crippen LogP contribution is 2.51. The van der Waals surface area contributed by atoms with E-state index in [9.17, 15) is 9.59 Å². The molecule has 0 aliphatic heterocycles. The SMILES string of the molecule is CCC1(CC)C(OC)CC1N(C)C(=O)c1ccc(C(=O)O)s1. The molecule has 0 bridgehead atoms. The molecule has 2 rings (SSSR count). The third kappa shape index (κ3) is 2.54. The summed E-state index contributed by atoms with van der Waals surface area (Å²) in [7, 11) is 3.53. The van der Waals surface area contributed by atoms with Crippen molar-refractivity contribution in [1.82, 2.24) is 4.90 Å². The van der Waals surface area contributed by atoms with Crippen molar-refractivity contribution in [3.8, 4) is 0 Å². The lowest BCUT2D eigenvalue weighted by Crippen LogP contribution is -2.64. The van der Waals surface area contributed by atoms with E-state index in [0.717, 1.165) is 30.6 Å². The van der Waals surface area contributed by atoms with E-state index in [0.29, 0.717) is 4.88 Å². The number of hydrogen-bond acceptors (Lipinski definition) is 4. The first-order chi connectivity index (χ1) is 10.4. The van der Waals surface area contributed by atoms with Crippen LogP contribution in [0.4, 0.5) is 0 Å². The molecule has 6 heteroatoms. The third-order valence-corrected chi connectivity index (χ3v) is 6.22. The monoisotopic (exact) mass is 325 g/mol. The summed E-state index contributed by atoms with van der Waals surface area (Å²) in [6.45, 7) is 4.27. The molecule has 22 heavy (non-hydrogen) atoms. The molecule has 2 atom stereocenters. The van der Waals surface area contributed by atoms with Crippen LogP contribution in [0.3, 0.4) is 0 Å². The normalized spacial score (nSPS) is 22.9. The van der Waals surface area contributed by atoms with Crippen molar-refractivity contribution in [2.24, 2.45) is 5.41 Å². The number of rotatable bonds is 6. The standard InChI is InChI=1S/C16H23NO4S/c1-5-16(6-2)12(9-13(16)21-4)17(3)14(18)10-7-8-11(22-10)15(19)20/h7-8,12-13H,5-6,9H2,1-4H3,(H,19,20). The number of hydrogen-bond donors (Lipinski definition) is 1. The van der Waals surface area contributed by atoms with Gasteiger partial charge in [0.05, 0.1) is 11.0 Å². The Morgan fingerprint density at radius 3 is 2.41 bits per heavy atom. The average Bonchev–Trinajstić information content (AvgIpc) is 2.97. The van der Waals surface area contributed by atoms with Crippen molar-refractivity contribution in [3.05, 3.63) is 21.9 Å². The summed E-state index contributed by atoms with van der Waals surface area (Å²) in [6, 6.07) is 3.22. The summed E-state index contributed by atoms with van der Waals surface area (Å²) >= 11 is 1.03. The Kier molecular flexibility index (Phi) is 4.92. The zero-order valence-electron chi connectivity index (χ0n) is 13.5. The van der Waals surface area contributed by atoms with Gasteiger partial charge >= 0.3 is 5.97 Å². The second-order valence-electron chi connectivity index (χ2n) is 5.80. The number of carbonyl (C=O) groups is 2. The van der Waals surface area contributed by atoms with E-state index < -0.39 is 5.97 Å². The van der Waals surface area contributed by atoms with E-state index in [1.807, 2.05) is 0 Å². The molecule has 1 aromatic rings. The fourth-order valence-corrected chi connectivity index (χ4v) is 4.49. The molecular weight excluding hydrogens is 302 g/mol. The average molecular weight is 325 g/mol. The number of nitrogens with zero attached hydrogens (tertiary/aromatic N) is 1. The first-order valence-electron chi connectivity index (χ1n) is 7.54. The van der Waals surface area contributed by atoms with Crippen molar-refractivity contribution >= 4 is 23.2 Å². The van der Waals surface area contributed by atoms with Gasteiger partial charge < -0.3 is 14.7 Å². The second kappa shape index (κ2) is 6.38. The number of ether oxygens (including phenoxy) is 1. The van der Waals surface area contributed by atoms with Gasteiger partial charge in [-0.15, -0.1) is 11.3 Å². The van der Waals surface area contributed by atoms with E-state index in [1.165, 1.54) is 6.07 Å². The predicted octanol–water partition coefficient (Wildman–Crippen LogP) is 3.11. The van der Waals surface area contributed by atoms with Crippen LogP contribution in [0.1, 0.15) is 52.5 Å². The fourth-order valence-electron chi connectivity index (χ4n) is 3.66. The van der Waals surface area contributed by atoms with Crippen LogP contribution in [0.5, 0.6) is 0 Å². The maximum absolute atomic E-state index is 12.6. The van der Waals surface area contributed by atoms with Crippen LogP contribution in [-0.4, -0.2) is 48.2 Å². The molecule has 1 aliphatic rings. The van der Waals surface area contributed by atoms with E-state index in [4.69, 9.17) is 9.84 Å². The van der Waals surface area contributed by atoms with E-state index in [-0.39, 0.29) is 28.3 Å². The molecule has 1 heterocycles. The summed E-state index contributed by atoms with van der Waals surface area (Å²) in [5, 5.41) is 8.98. The van der Waals surface area contributed by atoms with Gasteiger partial charge in [0.15, 0.2) is 0 Å². The molecule has 0 saturated heterocycles. The topological polar surface area (TPSA) is 66.8 Å². The van der Waals surface area contributed by atoms with E-state index in [2.05, 4.69) is 13.8 Å². The van der Waals surface area contributed by atoms with Gasteiger partial charge in [-0.2, -0.15) is 0 Å². The molecule has 0 spiro atoms. The highest BCUT2D eigenvalue weighted by Gasteiger charge is 2.55. The summed E-state index contributed by atoms with van der Waals surface area (Å²) < 4.78 is 5.57. The number of thiophene rings is 1. The number of aromatic carboxylic acids is 1. The summed E-state index contributed by atoms with van der Waals surface area (Å²) in [4.78, 5) is 26.0. The van der Waals surface area contributed by atoms with Crippen LogP contribution >= 0.6 is 11.3 Å². The van der Waals surface area contributed by atoms with Gasteiger partial charge in [0.25, 0.3) is 5.91 Å². The lowest BCUT2D eigenvalue weighted by atomic mass is 9.58. The van der Waals surface area contributed by atoms with Crippen LogP contribution in [0.25, 0.3) is 0 Å². The second-order valence-corrected chi connectivity index (χ2v) is 6.88. The van der Waals surface area contributed by atoms with Crippen LogP contribution in [-0.2, 0) is 4.74 Å². The van der Waals surface area contributed by atoms with Gasteiger partial charge in [-0.1, -0.05) is 13.8 Å². The van der Waals surface area contributed by atoms with E-state index in [1.54, 1.807) is 25.1 Å². The summed E-state index contributed by atoms with van der Waals surface area (Å²) in [6.07, 6.45) is 2.92. The van der Waals surface area contributed by atoms with Gasteiger partial charge in [0, 0.05) is 25.6 Å². The van der Waals surface area contributed by atoms with Crippen molar-refractivity contribution in [2.75, 3.05) is 14.2 Å². The molecule has 1 N–H and O–H groups in total.